The summed E-state index contributed by atoms with van der Waals surface area (Å²) in [5.41, 5.74) is 3.17. The molecule has 0 saturated carbocycles. The first-order valence-corrected chi connectivity index (χ1v) is 6.68. The van der Waals surface area contributed by atoms with E-state index in [9.17, 15) is 5.11 Å². The van der Waals surface area contributed by atoms with Crippen LogP contribution in [0.5, 0.6) is 5.75 Å². The molecule has 5 nitrogen and oxygen atoms in total. The summed E-state index contributed by atoms with van der Waals surface area (Å²) >= 11 is 0. The van der Waals surface area contributed by atoms with Gasteiger partial charge in [0.25, 0.3) is 6.33 Å². The average Bonchev–Trinajstić information content (AvgIpc) is 2.83. The molecule has 0 fully saturated rings. The molecular formula is C15H16N4O. The number of aryl methyl sites for hydroxylation is 1. The predicted molar refractivity (Wildman–Crippen MR) is 72.3 cm³/mol. The SMILES string of the molecule is CCc1c(C)nn2cn[n+](Cc3ccccc3)c2c1[O-]. The van der Waals surface area contributed by atoms with Gasteiger partial charge >= 0.3 is 5.65 Å². The van der Waals surface area contributed by atoms with Gasteiger partial charge in [-0.2, -0.15) is 0 Å². The van der Waals surface area contributed by atoms with Crippen molar-refractivity contribution < 1.29 is 9.79 Å². The minimum Gasteiger partial charge on any atom is -0.867 e. The van der Waals surface area contributed by atoms with E-state index in [-0.39, 0.29) is 5.75 Å². The highest BCUT2D eigenvalue weighted by atomic mass is 16.3. The van der Waals surface area contributed by atoms with Crippen LogP contribution in [0.3, 0.4) is 0 Å². The van der Waals surface area contributed by atoms with E-state index < -0.39 is 0 Å². The highest BCUT2D eigenvalue weighted by Crippen LogP contribution is 2.20. The third-order valence-electron chi connectivity index (χ3n) is 3.46. The van der Waals surface area contributed by atoms with Crippen molar-refractivity contribution in [3.63, 3.8) is 0 Å². The summed E-state index contributed by atoms with van der Waals surface area (Å²) in [7, 11) is 0. The van der Waals surface area contributed by atoms with Gasteiger partial charge in [-0.25, -0.2) is 0 Å². The van der Waals surface area contributed by atoms with Gasteiger partial charge < -0.3 is 5.11 Å². The lowest BCUT2D eigenvalue weighted by molar-refractivity contribution is -0.721. The molecule has 0 aliphatic rings. The zero-order valence-electron chi connectivity index (χ0n) is 11.6. The van der Waals surface area contributed by atoms with Gasteiger partial charge in [-0.05, 0) is 35.3 Å². The van der Waals surface area contributed by atoms with Crippen LogP contribution in [0.4, 0.5) is 0 Å². The van der Waals surface area contributed by atoms with Crippen molar-refractivity contribution in [1.82, 2.24) is 14.7 Å². The molecule has 0 saturated heterocycles. The van der Waals surface area contributed by atoms with E-state index in [4.69, 9.17) is 0 Å². The fourth-order valence-corrected chi connectivity index (χ4v) is 2.44. The molecule has 1 aromatic carbocycles. The van der Waals surface area contributed by atoms with Crippen LogP contribution in [0.2, 0.25) is 0 Å². The molecule has 0 spiro atoms. The molecule has 2 heterocycles. The largest absolute Gasteiger partial charge is 0.867 e. The van der Waals surface area contributed by atoms with Crippen LogP contribution >= 0.6 is 0 Å². The van der Waals surface area contributed by atoms with Gasteiger partial charge in [-0.1, -0.05) is 46.9 Å². The molecule has 3 aromatic rings. The second-order valence-electron chi connectivity index (χ2n) is 4.79. The van der Waals surface area contributed by atoms with Crippen LogP contribution in [-0.2, 0) is 13.0 Å². The zero-order chi connectivity index (χ0) is 14.1. The molecule has 5 heteroatoms. The highest BCUT2D eigenvalue weighted by molar-refractivity contribution is 5.52. The lowest BCUT2D eigenvalue weighted by Gasteiger charge is -2.11. The first-order chi connectivity index (χ1) is 9.70. The van der Waals surface area contributed by atoms with E-state index in [0.29, 0.717) is 18.6 Å². The van der Waals surface area contributed by atoms with Gasteiger partial charge in [0, 0.05) is 0 Å². The van der Waals surface area contributed by atoms with Gasteiger partial charge in [0.1, 0.15) is 6.54 Å². The maximum absolute atomic E-state index is 12.5. The number of benzene rings is 1. The summed E-state index contributed by atoms with van der Waals surface area (Å²) < 4.78 is 3.28. The van der Waals surface area contributed by atoms with Crippen molar-refractivity contribution in [1.29, 1.82) is 0 Å². The second kappa shape index (κ2) is 4.92. The maximum Gasteiger partial charge on any atom is 0.321 e. The van der Waals surface area contributed by atoms with E-state index in [2.05, 4.69) is 10.2 Å². The summed E-state index contributed by atoms with van der Waals surface area (Å²) in [6.07, 6.45) is 2.27. The summed E-state index contributed by atoms with van der Waals surface area (Å²) in [5.74, 6) is 0.0217. The number of rotatable bonds is 3. The monoisotopic (exact) mass is 268 g/mol. The summed E-state index contributed by atoms with van der Waals surface area (Å²) in [5, 5.41) is 21.2. The molecule has 0 atom stereocenters. The fraction of sp³-hybridized carbons (Fsp3) is 0.267. The smallest absolute Gasteiger partial charge is 0.321 e. The molecule has 0 N–H and O–H groups in total. The molecule has 2 aromatic heterocycles. The Balaban J connectivity index is 2.13. The molecule has 0 aliphatic heterocycles. The van der Waals surface area contributed by atoms with Crippen molar-refractivity contribution in [2.75, 3.05) is 0 Å². The van der Waals surface area contributed by atoms with Gasteiger partial charge in [-0.15, -0.1) is 4.68 Å². The Kier molecular flexibility index (Phi) is 3.10. The Hall–Kier alpha value is -2.43. The summed E-state index contributed by atoms with van der Waals surface area (Å²) in [6.45, 7) is 4.40. The molecule has 3 rings (SSSR count). The Morgan fingerprint density at radius 1 is 1.25 bits per heavy atom. The van der Waals surface area contributed by atoms with E-state index in [1.54, 1.807) is 15.5 Å². The Morgan fingerprint density at radius 3 is 2.70 bits per heavy atom. The minimum atomic E-state index is 0.0217. The molecule has 0 amide bonds. The minimum absolute atomic E-state index is 0.0217. The second-order valence-corrected chi connectivity index (χ2v) is 4.79. The molecule has 0 unspecified atom stereocenters. The van der Waals surface area contributed by atoms with Gasteiger partial charge in [0.05, 0.1) is 5.69 Å². The van der Waals surface area contributed by atoms with Gasteiger partial charge in [-0.3, -0.25) is 0 Å². The van der Waals surface area contributed by atoms with Gasteiger partial charge in [0.2, 0.25) is 0 Å². The lowest BCUT2D eigenvalue weighted by Crippen LogP contribution is -2.37. The van der Waals surface area contributed by atoms with E-state index >= 15 is 0 Å². The van der Waals surface area contributed by atoms with Crippen molar-refractivity contribution in [3.8, 4) is 5.75 Å². The van der Waals surface area contributed by atoms with E-state index in [1.165, 1.54) is 0 Å². The maximum atomic E-state index is 12.5. The number of hydrogen-bond acceptors (Lipinski definition) is 3. The third kappa shape index (κ3) is 2.01. The van der Waals surface area contributed by atoms with Crippen molar-refractivity contribution in [2.45, 2.75) is 26.8 Å². The quantitative estimate of drug-likeness (QED) is 0.666. The molecule has 0 radical (unpaired) electrons. The van der Waals surface area contributed by atoms with E-state index in [1.807, 2.05) is 44.2 Å². The fourth-order valence-electron chi connectivity index (χ4n) is 2.44. The molecule has 0 aliphatic carbocycles. The summed E-state index contributed by atoms with van der Waals surface area (Å²) in [6, 6.07) is 9.97. The topological polar surface area (TPSA) is 57.1 Å². The number of fused-ring (bicyclic) bond motifs is 1. The van der Waals surface area contributed by atoms with Crippen molar-refractivity contribution in [2.24, 2.45) is 0 Å². The Bertz CT molecular complexity index is 749. The first kappa shape index (κ1) is 12.6. The Morgan fingerprint density at radius 2 is 2.00 bits per heavy atom. The van der Waals surface area contributed by atoms with Crippen molar-refractivity contribution in [3.05, 3.63) is 53.5 Å². The average molecular weight is 268 g/mol. The normalized spacial score (nSPS) is 11.1. The van der Waals surface area contributed by atoms with Crippen LogP contribution < -0.4 is 9.79 Å². The number of aromatic nitrogens is 4. The number of hydrogen-bond donors (Lipinski definition) is 0. The lowest BCUT2D eigenvalue weighted by atomic mass is 10.1. The molecule has 102 valence electrons. The molecular weight excluding hydrogens is 252 g/mol. The van der Waals surface area contributed by atoms with Crippen LogP contribution in [0.15, 0.2) is 36.7 Å². The first-order valence-electron chi connectivity index (χ1n) is 6.68. The molecule has 0 bridgehead atoms. The van der Waals surface area contributed by atoms with E-state index in [0.717, 1.165) is 16.8 Å². The highest BCUT2D eigenvalue weighted by Gasteiger charge is 2.17. The number of nitrogens with zero attached hydrogens (tertiary/aromatic N) is 4. The Labute approximate surface area is 117 Å². The standard InChI is InChI=1S/C15H16N4O/c1-3-13-11(2)17-19-10-16-18(15(19)14(13)20)9-12-7-5-4-6-8-12/h4-8,10H,3,9H2,1-2H3. The van der Waals surface area contributed by atoms with Crippen molar-refractivity contribution >= 4 is 5.65 Å². The predicted octanol–water partition coefficient (Wildman–Crippen LogP) is 1.01. The summed E-state index contributed by atoms with van der Waals surface area (Å²) in [4.78, 5) is 0. The molecule has 20 heavy (non-hydrogen) atoms. The van der Waals surface area contributed by atoms with Crippen LogP contribution in [0.25, 0.3) is 5.65 Å². The van der Waals surface area contributed by atoms with Crippen LogP contribution in [0, 0.1) is 6.92 Å². The zero-order valence-corrected chi connectivity index (χ0v) is 11.6. The van der Waals surface area contributed by atoms with Crippen LogP contribution in [-0.4, -0.2) is 14.7 Å². The van der Waals surface area contributed by atoms with Gasteiger partial charge in [0.15, 0.2) is 0 Å². The third-order valence-corrected chi connectivity index (χ3v) is 3.46. The van der Waals surface area contributed by atoms with Crippen LogP contribution in [0.1, 0.15) is 23.7 Å².